The van der Waals surface area contributed by atoms with Crippen molar-refractivity contribution < 1.29 is 4.39 Å². The van der Waals surface area contributed by atoms with Gasteiger partial charge in [-0.15, -0.1) is 5.10 Å². The van der Waals surface area contributed by atoms with Crippen LogP contribution in [0, 0.1) is 19.7 Å². The first-order chi connectivity index (χ1) is 9.01. The Labute approximate surface area is 113 Å². The van der Waals surface area contributed by atoms with Crippen LogP contribution in [0.2, 0.25) is 0 Å². The monoisotopic (exact) mass is 261 g/mol. The van der Waals surface area contributed by atoms with E-state index in [0.29, 0.717) is 6.42 Å². The van der Waals surface area contributed by atoms with Crippen LogP contribution in [0.25, 0.3) is 0 Å². The third-order valence-corrected chi connectivity index (χ3v) is 3.57. The standard InChI is InChI=1S/C15H20FN3/c1-5-19-9-13(17-18-19)6-12(4)14-7-10(2)11(3)8-15(14)16/h7-9,12H,5-6H2,1-4H3. The van der Waals surface area contributed by atoms with Gasteiger partial charge in [-0.25, -0.2) is 4.39 Å². The predicted molar refractivity (Wildman–Crippen MR) is 73.7 cm³/mol. The van der Waals surface area contributed by atoms with Gasteiger partial charge in [-0.3, -0.25) is 4.68 Å². The highest BCUT2D eigenvalue weighted by Crippen LogP contribution is 2.25. The van der Waals surface area contributed by atoms with E-state index in [1.807, 2.05) is 40.0 Å². The average molecular weight is 261 g/mol. The molecule has 0 fully saturated rings. The number of benzene rings is 1. The van der Waals surface area contributed by atoms with Crippen molar-refractivity contribution in [3.63, 3.8) is 0 Å². The summed E-state index contributed by atoms with van der Waals surface area (Å²) >= 11 is 0. The average Bonchev–Trinajstić information content (AvgIpc) is 2.81. The lowest BCUT2D eigenvalue weighted by atomic mass is 9.93. The molecule has 0 saturated heterocycles. The lowest BCUT2D eigenvalue weighted by Gasteiger charge is -2.13. The molecule has 0 aliphatic carbocycles. The van der Waals surface area contributed by atoms with Gasteiger partial charge in [-0.2, -0.15) is 0 Å². The molecule has 1 heterocycles. The highest BCUT2D eigenvalue weighted by molar-refractivity contribution is 5.33. The molecule has 1 aromatic carbocycles. The van der Waals surface area contributed by atoms with Crippen LogP contribution in [-0.4, -0.2) is 15.0 Å². The van der Waals surface area contributed by atoms with Crippen LogP contribution < -0.4 is 0 Å². The normalized spacial score (nSPS) is 12.7. The zero-order chi connectivity index (χ0) is 14.0. The fourth-order valence-corrected chi connectivity index (χ4v) is 2.19. The van der Waals surface area contributed by atoms with Gasteiger partial charge in [-0.1, -0.05) is 18.2 Å². The molecule has 0 aliphatic rings. The SMILES string of the molecule is CCn1cc(CC(C)c2cc(C)c(C)cc2F)nn1. The van der Waals surface area contributed by atoms with E-state index < -0.39 is 0 Å². The molecule has 0 spiro atoms. The first kappa shape index (κ1) is 13.7. The van der Waals surface area contributed by atoms with Crippen molar-refractivity contribution in [2.45, 2.75) is 46.6 Å². The predicted octanol–water partition coefficient (Wildman–Crippen LogP) is 3.40. The molecule has 0 amide bonds. The third kappa shape index (κ3) is 3.00. The van der Waals surface area contributed by atoms with E-state index in [1.54, 1.807) is 10.7 Å². The maximum Gasteiger partial charge on any atom is 0.126 e. The van der Waals surface area contributed by atoms with E-state index in [-0.39, 0.29) is 11.7 Å². The Morgan fingerprint density at radius 1 is 1.26 bits per heavy atom. The molecule has 19 heavy (non-hydrogen) atoms. The summed E-state index contributed by atoms with van der Waals surface area (Å²) in [4.78, 5) is 0. The Morgan fingerprint density at radius 2 is 1.95 bits per heavy atom. The Bertz CT molecular complexity index is 575. The van der Waals surface area contributed by atoms with Crippen LogP contribution in [-0.2, 0) is 13.0 Å². The van der Waals surface area contributed by atoms with Gasteiger partial charge in [0.25, 0.3) is 0 Å². The highest BCUT2D eigenvalue weighted by atomic mass is 19.1. The lowest BCUT2D eigenvalue weighted by Crippen LogP contribution is -2.03. The molecule has 4 heteroatoms. The molecule has 1 unspecified atom stereocenters. The van der Waals surface area contributed by atoms with Gasteiger partial charge in [0.15, 0.2) is 0 Å². The van der Waals surface area contributed by atoms with Crippen LogP contribution in [0.3, 0.4) is 0 Å². The van der Waals surface area contributed by atoms with E-state index >= 15 is 0 Å². The quantitative estimate of drug-likeness (QED) is 0.844. The first-order valence-corrected chi connectivity index (χ1v) is 6.67. The van der Waals surface area contributed by atoms with Crippen molar-refractivity contribution in [3.05, 3.63) is 46.5 Å². The molecule has 1 aromatic heterocycles. The minimum Gasteiger partial charge on any atom is -0.253 e. The molecular formula is C15H20FN3. The summed E-state index contributed by atoms with van der Waals surface area (Å²) in [7, 11) is 0. The summed E-state index contributed by atoms with van der Waals surface area (Å²) in [6.07, 6.45) is 2.63. The van der Waals surface area contributed by atoms with Crippen LogP contribution in [0.1, 0.15) is 42.1 Å². The fraction of sp³-hybridized carbons (Fsp3) is 0.467. The Hall–Kier alpha value is -1.71. The Balaban J connectivity index is 2.19. The lowest BCUT2D eigenvalue weighted by molar-refractivity contribution is 0.583. The molecular weight excluding hydrogens is 241 g/mol. The number of nitrogens with zero attached hydrogens (tertiary/aromatic N) is 3. The number of hydrogen-bond acceptors (Lipinski definition) is 2. The van der Waals surface area contributed by atoms with E-state index in [1.165, 1.54) is 0 Å². The number of aryl methyl sites for hydroxylation is 3. The van der Waals surface area contributed by atoms with E-state index in [4.69, 9.17) is 0 Å². The largest absolute Gasteiger partial charge is 0.253 e. The molecule has 0 N–H and O–H groups in total. The maximum atomic E-state index is 14.0. The van der Waals surface area contributed by atoms with Crippen molar-refractivity contribution in [1.82, 2.24) is 15.0 Å². The molecule has 3 nitrogen and oxygen atoms in total. The Kier molecular flexibility index (Phi) is 3.98. The minimum atomic E-state index is -0.126. The summed E-state index contributed by atoms with van der Waals surface area (Å²) in [5, 5.41) is 8.12. The van der Waals surface area contributed by atoms with Gasteiger partial charge in [0.2, 0.25) is 0 Å². The molecule has 0 radical (unpaired) electrons. The number of rotatable bonds is 4. The van der Waals surface area contributed by atoms with Gasteiger partial charge >= 0.3 is 0 Å². The van der Waals surface area contributed by atoms with Gasteiger partial charge < -0.3 is 0 Å². The number of hydrogen-bond donors (Lipinski definition) is 0. The minimum absolute atomic E-state index is 0.0984. The Morgan fingerprint density at radius 3 is 2.58 bits per heavy atom. The summed E-state index contributed by atoms with van der Waals surface area (Å²) < 4.78 is 15.8. The van der Waals surface area contributed by atoms with Crippen LogP contribution >= 0.6 is 0 Å². The molecule has 0 aliphatic heterocycles. The van der Waals surface area contributed by atoms with Gasteiger partial charge in [0.1, 0.15) is 5.82 Å². The first-order valence-electron chi connectivity index (χ1n) is 6.67. The molecule has 0 bridgehead atoms. The second-order valence-electron chi connectivity index (χ2n) is 5.13. The summed E-state index contributed by atoms with van der Waals surface area (Å²) in [6.45, 7) is 8.79. The van der Waals surface area contributed by atoms with Crippen molar-refractivity contribution in [2.75, 3.05) is 0 Å². The van der Waals surface area contributed by atoms with E-state index in [0.717, 1.165) is 28.9 Å². The van der Waals surface area contributed by atoms with Crippen LogP contribution in [0.15, 0.2) is 18.3 Å². The molecule has 102 valence electrons. The summed E-state index contributed by atoms with van der Waals surface area (Å²) in [5.41, 5.74) is 3.78. The molecule has 2 rings (SSSR count). The molecule has 2 aromatic rings. The number of halogens is 1. The van der Waals surface area contributed by atoms with Crippen molar-refractivity contribution >= 4 is 0 Å². The van der Waals surface area contributed by atoms with E-state index in [2.05, 4.69) is 10.3 Å². The second kappa shape index (κ2) is 5.51. The molecule has 1 atom stereocenters. The fourth-order valence-electron chi connectivity index (χ4n) is 2.19. The van der Waals surface area contributed by atoms with Gasteiger partial charge in [0, 0.05) is 12.7 Å². The second-order valence-corrected chi connectivity index (χ2v) is 5.13. The highest BCUT2D eigenvalue weighted by Gasteiger charge is 2.14. The zero-order valence-corrected chi connectivity index (χ0v) is 11.9. The molecule has 0 saturated carbocycles. The summed E-state index contributed by atoms with van der Waals surface area (Å²) in [6, 6.07) is 3.56. The van der Waals surface area contributed by atoms with Crippen molar-refractivity contribution in [3.8, 4) is 0 Å². The van der Waals surface area contributed by atoms with Crippen molar-refractivity contribution in [2.24, 2.45) is 0 Å². The zero-order valence-electron chi connectivity index (χ0n) is 11.9. The van der Waals surface area contributed by atoms with E-state index in [9.17, 15) is 4.39 Å². The van der Waals surface area contributed by atoms with Crippen molar-refractivity contribution in [1.29, 1.82) is 0 Å². The smallest absolute Gasteiger partial charge is 0.126 e. The maximum absolute atomic E-state index is 14.0. The number of aromatic nitrogens is 3. The topological polar surface area (TPSA) is 30.7 Å². The van der Waals surface area contributed by atoms with Crippen LogP contribution in [0.5, 0.6) is 0 Å². The summed E-state index contributed by atoms with van der Waals surface area (Å²) in [5.74, 6) is -0.0280. The van der Waals surface area contributed by atoms with Crippen LogP contribution in [0.4, 0.5) is 4.39 Å². The van der Waals surface area contributed by atoms with Gasteiger partial charge in [0.05, 0.1) is 5.69 Å². The van der Waals surface area contributed by atoms with Gasteiger partial charge in [-0.05, 0) is 55.9 Å². The third-order valence-electron chi connectivity index (χ3n) is 3.57.